The first-order chi connectivity index (χ1) is 12.4. The molecule has 2 rings (SSSR count). The maximum absolute atomic E-state index is 12.4. The molecule has 0 aliphatic carbocycles. The monoisotopic (exact) mass is 324 g/mol. The average molecular weight is 324 g/mol. The SMILES string of the molecule is [2H]C1([2H])CC/C=C/c2cc(O)cc(O)c2C(=O)O[C@@H](C)CCC([2H])([2H])[C@H]1O. The summed E-state index contributed by atoms with van der Waals surface area (Å²) in [6, 6.07) is 2.31. The summed E-state index contributed by atoms with van der Waals surface area (Å²) < 4.78 is 37.2. The zero-order valence-electron chi connectivity index (χ0n) is 17.0. The topological polar surface area (TPSA) is 87.0 Å². The van der Waals surface area contributed by atoms with E-state index in [1.54, 1.807) is 6.92 Å². The molecule has 0 saturated carbocycles. The number of phenols is 2. The Morgan fingerprint density at radius 1 is 1.26 bits per heavy atom. The molecule has 1 aliphatic heterocycles. The number of hydrogen-bond acceptors (Lipinski definition) is 5. The molecular weight excluding hydrogens is 296 g/mol. The highest BCUT2D eigenvalue weighted by atomic mass is 16.5. The molecule has 0 spiro atoms. The van der Waals surface area contributed by atoms with E-state index in [1.165, 1.54) is 18.2 Å². The van der Waals surface area contributed by atoms with Crippen molar-refractivity contribution in [1.82, 2.24) is 0 Å². The fraction of sp³-hybridized carbons (Fsp3) is 0.500. The fourth-order valence-electron chi connectivity index (χ4n) is 2.30. The molecule has 1 heterocycles. The second-order valence-electron chi connectivity index (χ2n) is 5.44. The van der Waals surface area contributed by atoms with E-state index in [4.69, 9.17) is 10.2 Å². The second kappa shape index (κ2) is 8.02. The maximum Gasteiger partial charge on any atom is 0.342 e. The van der Waals surface area contributed by atoms with Crippen molar-refractivity contribution in [2.45, 2.75) is 57.6 Å². The molecule has 3 N–H and O–H groups in total. The minimum Gasteiger partial charge on any atom is -0.508 e. The number of fused-ring (bicyclic) bond motifs is 1. The van der Waals surface area contributed by atoms with Gasteiger partial charge in [0.2, 0.25) is 0 Å². The number of aliphatic hydroxyl groups excluding tert-OH is 1. The van der Waals surface area contributed by atoms with Gasteiger partial charge in [-0.3, -0.25) is 0 Å². The maximum atomic E-state index is 12.4. The van der Waals surface area contributed by atoms with E-state index in [1.807, 2.05) is 0 Å². The number of ether oxygens (including phenoxy) is 1. The second-order valence-corrected chi connectivity index (χ2v) is 5.44. The van der Waals surface area contributed by atoms with Crippen molar-refractivity contribution >= 4 is 12.0 Å². The lowest BCUT2D eigenvalue weighted by Crippen LogP contribution is -2.17. The number of rotatable bonds is 0. The number of phenolic OH excluding ortho intramolecular Hbond substituents is 2. The van der Waals surface area contributed by atoms with Crippen molar-refractivity contribution in [3.05, 3.63) is 29.3 Å². The third kappa shape index (κ3) is 4.99. The summed E-state index contributed by atoms with van der Waals surface area (Å²) in [6.45, 7) is 1.55. The van der Waals surface area contributed by atoms with Gasteiger partial charge >= 0.3 is 5.97 Å². The van der Waals surface area contributed by atoms with E-state index in [0.717, 1.165) is 6.07 Å². The van der Waals surface area contributed by atoms with Gasteiger partial charge in [-0.25, -0.2) is 4.79 Å². The molecule has 0 bridgehead atoms. The summed E-state index contributed by atoms with van der Waals surface area (Å²) in [5.74, 6) is -1.50. The standard InChI is InChI=1S/C18H24O5/c1-12-6-5-9-14(19)8-4-2-3-7-13-10-15(20)11-16(21)17(13)18(22)23-12/h3,7,10-12,14,19-21H,2,4-6,8-9H2,1H3/b7-3+/t12-,14-/m0/s1/i8D2,9D2. The van der Waals surface area contributed by atoms with E-state index in [2.05, 4.69) is 0 Å². The van der Waals surface area contributed by atoms with Crippen LogP contribution in [0, 0.1) is 0 Å². The van der Waals surface area contributed by atoms with Crippen LogP contribution in [0.3, 0.4) is 0 Å². The van der Waals surface area contributed by atoms with Crippen molar-refractivity contribution in [1.29, 1.82) is 0 Å². The summed E-state index contributed by atoms with van der Waals surface area (Å²) in [4.78, 5) is 12.4. The summed E-state index contributed by atoms with van der Waals surface area (Å²) in [6.07, 6.45) is -4.04. The van der Waals surface area contributed by atoms with Crippen LogP contribution in [0.1, 0.15) is 66.8 Å². The van der Waals surface area contributed by atoms with Crippen LogP contribution >= 0.6 is 0 Å². The molecule has 1 aromatic carbocycles. The molecule has 0 unspecified atom stereocenters. The zero-order chi connectivity index (χ0) is 20.4. The van der Waals surface area contributed by atoms with E-state index in [0.29, 0.717) is 0 Å². The Morgan fingerprint density at radius 3 is 2.78 bits per heavy atom. The highest BCUT2D eigenvalue weighted by Crippen LogP contribution is 2.30. The Hall–Kier alpha value is -2.01. The molecule has 0 amide bonds. The number of allylic oxidation sites excluding steroid dienone is 1. The van der Waals surface area contributed by atoms with Crippen molar-refractivity contribution < 1.29 is 30.3 Å². The molecule has 1 aliphatic rings. The Labute approximate surface area is 141 Å². The third-order valence-electron chi connectivity index (χ3n) is 3.48. The molecule has 2 atom stereocenters. The van der Waals surface area contributed by atoms with Gasteiger partial charge in [0.1, 0.15) is 17.1 Å². The van der Waals surface area contributed by atoms with Gasteiger partial charge in [-0.05, 0) is 57.0 Å². The van der Waals surface area contributed by atoms with Gasteiger partial charge in [-0.15, -0.1) is 0 Å². The predicted molar refractivity (Wildman–Crippen MR) is 87.4 cm³/mol. The molecule has 126 valence electrons. The van der Waals surface area contributed by atoms with Gasteiger partial charge in [0.25, 0.3) is 0 Å². The Kier molecular flexibility index (Phi) is 4.33. The molecule has 5 nitrogen and oxygen atoms in total. The highest BCUT2D eigenvalue weighted by Gasteiger charge is 2.20. The van der Waals surface area contributed by atoms with Gasteiger partial charge in [0, 0.05) is 11.5 Å². The van der Waals surface area contributed by atoms with E-state index >= 15 is 0 Å². The number of aromatic hydroxyl groups is 2. The van der Waals surface area contributed by atoms with Crippen LogP contribution in [-0.2, 0) is 4.74 Å². The molecule has 1 aromatic rings. The third-order valence-corrected chi connectivity index (χ3v) is 3.48. The van der Waals surface area contributed by atoms with Gasteiger partial charge in [-0.1, -0.05) is 12.2 Å². The van der Waals surface area contributed by atoms with Gasteiger partial charge in [-0.2, -0.15) is 0 Å². The number of benzene rings is 1. The Bertz CT molecular complexity index is 733. The molecule has 23 heavy (non-hydrogen) atoms. The molecule has 5 heteroatoms. The number of cyclic esters (lactones) is 1. The number of carbonyl (C=O) groups excluding carboxylic acids is 1. The van der Waals surface area contributed by atoms with E-state index in [-0.39, 0.29) is 42.6 Å². The van der Waals surface area contributed by atoms with Crippen molar-refractivity contribution in [2.24, 2.45) is 0 Å². The van der Waals surface area contributed by atoms with Crippen LogP contribution in [0.15, 0.2) is 18.2 Å². The fourth-order valence-corrected chi connectivity index (χ4v) is 2.30. The quantitative estimate of drug-likeness (QED) is 0.637. The molecule has 0 fully saturated rings. The summed E-state index contributed by atoms with van der Waals surface area (Å²) in [5.41, 5.74) is 0.0946. The van der Waals surface area contributed by atoms with Crippen molar-refractivity contribution in [2.75, 3.05) is 0 Å². The minimum atomic E-state index is -2.19. The Morgan fingerprint density at radius 2 is 2.00 bits per heavy atom. The minimum absolute atomic E-state index is 0.0654. The first-order valence-electron chi connectivity index (χ1n) is 9.55. The van der Waals surface area contributed by atoms with Gasteiger partial charge < -0.3 is 20.1 Å². The highest BCUT2D eigenvalue weighted by molar-refractivity contribution is 5.97. The van der Waals surface area contributed by atoms with Gasteiger partial charge in [0.05, 0.1) is 12.2 Å². The van der Waals surface area contributed by atoms with Crippen LogP contribution < -0.4 is 0 Å². The smallest absolute Gasteiger partial charge is 0.342 e. The van der Waals surface area contributed by atoms with Crippen LogP contribution in [0.2, 0.25) is 0 Å². The number of carbonyl (C=O) groups is 1. The summed E-state index contributed by atoms with van der Waals surface area (Å²) in [5, 5.41) is 29.9. The first-order valence-corrected chi connectivity index (χ1v) is 7.55. The average Bonchev–Trinajstić information content (AvgIpc) is 2.55. The molecule has 0 radical (unpaired) electrons. The largest absolute Gasteiger partial charge is 0.508 e. The lowest BCUT2D eigenvalue weighted by atomic mass is 10.0. The summed E-state index contributed by atoms with van der Waals surface area (Å²) >= 11 is 0. The number of aliphatic hydroxyl groups is 1. The Balaban J connectivity index is 2.42. The van der Waals surface area contributed by atoms with Crippen molar-refractivity contribution in [3.8, 4) is 11.5 Å². The van der Waals surface area contributed by atoms with Crippen molar-refractivity contribution in [3.63, 3.8) is 0 Å². The molecule has 0 saturated heterocycles. The van der Waals surface area contributed by atoms with E-state index < -0.39 is 36.7 Å². The van der Waals surface area contributed by atoms with Gasteiger partial charge in [0.15, 0.2) is 0 Å². The van der Waals surface area contributed by atoms with Crippen LogP contribution in [-0.4, -0.2) is 33.5 Å². The lowest BCUT2D eigenvalue weighted by Gasteiger charge is -2.17. The number of esters is 1. The summed E-state index contributed by atoms with van der Waals surface area (Å²) in [7, 11) is 0. The van der Waals surface area contributed by atoms with Crippen LogP contribution in [0.5, 0.6) is 11.5 Å². The molecule has 0 aromatic heterocycles. The number of hydrogen-bond donors (Lipinski definition) is 3. The first kappa shape index (κ1) is 12.4. The predicted octanol–water partition coefficient (Wildman–Crippen LogP) is 3.37. The lowest BCUT2D eigenvalue weighted by molar-refractivity contribution is 0.0307. The van der Waals surface area contributed by atoms with Crippen LogP contribution in [0.25, 0.3) is 6.08 Å². The zero-order valence-corrected chi connectivity index (χ0v) is 13.0. The van der Waals surface area contributed by atoms with Crippen LogP contribution in [0.4, 0.5) is 0 Å². The molecular formula is C18H24O5. The van der Waals surface area contributed by atoms with E-state index in [9.17, 15) is 20.1 Å². The normalized spacial score (nSPS) is 32.0.